The molecule has 6 heteroatoms. The SMILES string of the molecule is CC/C=C\C/C=C\C/C=C\C/C=C\CCC(=O)OCC(COC(=O)CCCCCCCCCCCCCCCCCCC/C=C\CCCCCCCCCC)OC(=O)CCCCCCCCCCCCCCCCCCCCC. The molecule has 0 rings (SSSR count). The minimum absolute atomic E-state index is 0.0916. The molecule has 0 aliphatic carbocycles. The quantitative estimate of drug-likeness (QED) is 0.0261. The van der Waals surface area contributed by atoms with Crippen LogP contribution >= 0.6 is 0 Å². The van der Waals surface area contributed by atoms with Crippen molar-refractivity contribution in [3.8, 4) is 0 Å². The molecule has 0 amide bonds. The molecule has 0 spiro atoms. The maximum Gasteiger partial charge on any atom is 0.306 e. The van der Waals surface area contributed by atoms with Crippen LogP contribution < -0.4 is 0 Å². The Morgan fingerprint density at radius 2 is 0.519 bits per heavy atom. The van der Waals surface area contributed by atoms with Crippen LogP contribution in [0, 0.1) is 0 Å². The highest BCUT2D eigenvalue weighted by atomic mass is 16.6. The lowest BCUT2D eigenvalue weighted by molar-refractivity contribution is -0.166. The first-order valence-electron chi connectivity index (χ1n) is 34.8. The van der Waals surface area contributed by atoms with Crippen molar-refractivity contribution in [3.05, 3.63) is 60.8 Å². The highest BCUT2D eigenvalue weighted by Crippen LogP contribution is 2.18. The van der Waals surface area contributed by atoms with E-state index >= 15 is 0 Å². The summed E-state index contributed by atoms with van der Waals surface area (Å²) in [6.45, 7) is 6.52. The second-order valence-electron chi connectivity index (χ2n) is 23.4. The van der Waals surface area contributed by atoms with Gasteiger partial charge in [0.15, 0.2) is 6.10 Å². The lowest BCUT2D eigenvalue weighted by Gasteiger charge is -2.18. The zero-order valence-corrected chi connectivity index (χ0v) is 52.9. The van der Waals surface area contributed by atoms with Crippen molar-refractivity contribution in [2.75, 3.05) is 13.2 Å². The molecule has 0 aromatic heterocycles. The van der Waals surface area contributed by atoms with Crippen LogP contribution in [-0.4, -0.2) is 37.2 Å². The van der Waals surface area contributed by atoms with Gasteiger partial charge >= 0.3 is 17.9 Å². The molecule has 0 bridgehead atoms. The molecule has 0 saturated heterocycles. The number of hydrogen-bond donors (Lipinski definition) is 0. The molecule has 1 unspecified atom stereocenters. The Labute approximate surface area is 491 Å². The molecule has 0 aromatic carbocycles. The molecule has 0 aromatic rings. The topological polar surface area (TPSA) is 78.9 Å². The molecule has 0 saturated carbocycles. The van der Waals surface area contributed by atoms with Gasteiger partial charge in [-0.05, 0) is 70.6 Å². The number of carbonyl (C=O) groups is 3. The average Bonchev–Trinajstić information content (AvgIpc) is 3.45. The van der Waals surface area contributed by atoms with Gasteiger partial charge in [-0.3, -0.25) is 14.4 Å². The number of ether oxygens (including phenoxy) is 3. The lowest BCUT2D eigenvalue weighted by Crippen LogP contribution is -2.30. The molecule has 79 heavy (non-hydrogen) atoms. The van der Waals surface area contributed by atoms with Gasteiger partial charge < -0.3 is 14.2 Å². The van der Waals surface area contributed by atoms with Crippen LogP contribution in [0.3, 0.4) is 0 Å². The van der Waals surface area contributed by atoms with E-state index in [0.29, 0.717) is 19.3 Å². The number of hydrogen-bond acceptors (Lipinski definition) is 6. The molecule has 0 radical (unpaired) electrons. The minimum Gasteiger partial charge on any atom is -0.462 e. The molecule has 0 heterocycles. The van der Waals surface area contributed by atoms with Crippen LogP contribution in [0.5, 0.6) is 0 Å². The van der Waals surface area contributed by atoms with Crippen LogP contribution in [0.25, 0.3) is 0 Å². The third-order valence-electron chi connectivity index (χ3n) is 15.5. The summed E-state index contributed by atoms with van der Waals surface area (Å²) in [4.78, 5) is 38.3. The molecule has 0 fully saturated rings. The van der Waals surface area contributed by atoms with Crippen LogP contribution in [0.2, 0.25) is 0 Å². The van der Waals surface area contributed by atoms with Crippen molar-refractivity contribution >= 4 is 17.9 Å². The van der Waals surface area contributed by atoms with Gasteiger partial charge in [0.05, 0.1) is 0 Å². The molecule has 1 atom stereocenters. The Bertz CT molecular complexity index is 1410. The second-order valence-corrected chi connectivity index (χ2v) is 23.4. The smallest absolute Gasteiger partial charge is 0.306 e. The van der Waals surface area contributed by atoms with Crippen molar-refractivity contribution in [2.45, 2.75) is 374 Å². The number of allylic oxidation sites excluding steroid dienone is 10. The van der Waals surface area contributed by atoms with Gasteiger partial charge in [0.25, 0.3) is 0 Å². The van der Waals surface area contributed by atoms with E-state index in [1.165, 1.54) is 257 Å². The summed E-state index contributed by atoms with van der Waals surface area (Å²) < 4.78 is 16.9. The number of carbonyl (C=O) groups excluding carboxylic acids is 3. The zero-order chi connectivity index (χ0) is 57.1. The van der Waals surface area contributed by atoms with Crippen molar-refractivity contribution in [1.82, 2.24) is 0 Å². The number of rotatable bonds is 64. The van der Waals surface area contributed by atoms with E-state index in [1.54, 1.807) is 0 Å². The van der Waals surface area contributed by atoms with Crippen molar-refractivity contribution < 1.29 is 28.6 Å². The van der Waals surface area contributed by atoms with E-state index in [2.05, 4.69) is 75.5 Å². The van der Waals surface area contributed by atoms with Crippen LogP contribution in [0.15, 0.2) is 60.8 Å². The monoisotopic (exact) mass is 1110 g/mol. The van der Waals surface area contributed by atoms with E-state index in [4.69, 9.17) is 14.2 Å². The molecular formula is C73H132O6. The fraction of sp³-hybridized carbons (Fsp3) is 0.822. The Hall–Kier alpha value is -2.89. The predicted molar refractivity (Wildman–Crippen MR) is 344 cm³/mol. The van der Waals surface area contributed by atoms with E-state index in [0.717, 1.165) is 64.2 Å². The van der Waals surface area contributed by atoms with Gasteiger partial charge in [-0.2, -0.15) is 0 Å². The molecule has 0 aliphatic rings. The van der Waals surface area contributed by atoms with Crippen LogP contribution in [-0.2, 0) is 28.6 Å². The highest BCUT2D eigenvalue weighted by Gasteiger charge is 2.19. The Morgan fingerprint density at radius 3 is 0.848 bits per heavy atom. The Kier molecular flexibility index (Phi) is 65.1. The van der Waals surface area contributed by atoms with Gasteiger partial charge in [0.2, 0.25) is 0 Å². The lowest BCUT2D eigenvalue weighted by atomic mass is 10.0. The van der Waals surface area contributed by atoms with Crippen molar-refractivity contribution in [2.24, 2.45) is 0 Å². The summed E-state index contributed by atoms with van der Waals surface area (Å²) >= 11 is 0. The molecular weight excluding hydrogens is 973 g/mol. The maximum atomic E-state index is 12.9. The summed E-state index contributed by atoms with van der Waals surface area (Å²) in [7, 11) is 0. The van der Waals surface area contributed by atoms with Gasteiger partial charge in [-0.1, -0.05) is 338 Å². The average molecular weight is 1110 g/mol. The fourth-order valence-corrected chi connectivity index (χ4v) is 10.3. The van der Waals surface area contributed by atoms with Gasteiger partial charge in [-0.15, -0.1) is 0 Å². The summed E-state index contributed by atoms with van der Waals surface area (Å²) in [5.74, 6) is -0.954. The standard InChI is InChI=1S/C73H132O6/c1-4-7-10-13-16-19-22-25-27-29-31-32-33-34-35-36-37-38-39-40-42-43-45-48-51-54-57-60-63-66-72(75)78-69-70(68-77-71(74)65-62-59-56-53-50-47-24-21-18-15-12-9-6-3)79-73(76)67-64-61-58-55-52-49-46-44-41-30-28-26-23-20-17-14-11-8-5-2/h9,12,18,21,29,31,47,50,56,59,70H,4-8,10-11,13-17,19-20,22-28,30,32-46,48-49,51-55,57-58,60-69H2,1-3H3/b12-9-,21-18-,31-29-,50-47-,59-56-. The first-order chi connectivity index (χ1) is 39.0. The number of esters is 3. The van der Waals surface area contributed by atoms with E-state index in [9.17, 15) is 14.4 Å². The predicted octanol–water partition coefficient (Wildman–Crippen LogP) is 23.9. The van der Waals surface area contributed by atoms with Gasteiger partial charge in [0.1, 0.15) is 13.2 Å². The van der Waals surface area contributed by atoms with Gasteiger partial charge in [-0.25, -0.2) is 0 Å². The third kappa shape index (κ3) is 65.8. The zero-order valence-electron chi connectivity index (χ0n) is 52.9. The molecule has 460 valence electrons. The first-order valence-corrected chi connectivity index (χ1v) is 34.8. The third-order valence-corrected chi connectivity index (χ3v) is 15.5. The van der Waals surface area contributed by atoms with E-state index < -0.39 is 6.10 Å². The molecule has 0 N–H and O–H groups in total. The van der Waals surface area contributed by atoms with Crippen LogP contribution in [0.4, 0.5) is 0 Å². The van der Waals surface area contributed by atoms with Crippen molar-refractivity contribution in [1.29, 1.82) is 0 Å². The first kappa shape index (κ1) is 76.1. The van der Waals surface area contributed by atoms with Crippen molar-refractivity contribution in [3.63, 3.8) is 0 Å². The highest BCUT2D eigenvalue weighted by molar-refractivity contribution is 5.71. The van der Waals surface area contributed by atoms with Gasteiger partial charge in [0, 0.05) is 19.3 Å². The van der Waals surface area contributed by atoms with E-state index in [-0.39, 0.29) is 37.5 Å². The summed E-state index contributed by atoms with van der Waals surface area (Å²) in [5.41, 5.74) is 0. The Morgan fingerprint density at radius 1 is 0.266 bits per heavy atom. The summed E-state index contributed by atoms with van der Waals surface area (Å²) in [6.07, 6.45) is 87.1. The number of unbranched alkanes of at least 4 members (excludes halogenated alkanes) is 43. The molecule has 0 aliphatic heterocycles. The summed E-state index contributed by atoms with van der Waals surface area (Å²) in [5, 5.41) is 0. The normalized spacial score (nSPS) is 12.4. The fourth-order valence-electron chi connectivity index (χ4n) is 10.3. The summed E-state index contributed by atoms with van der Waals surface area (Å²) in [6, 6.07) is 0. The minimum atomic E-state index is -0.801. The molecule has 6 nitrogen and oxygen atoms in total. The maximum absolute atomic E-state index is 12.9. The largest absolute Gasteiger partial charge is 0.462 e. The second kappa shape index (κ2) is 67.6. The van der Waals surface area contributed by atoms with E-state index in [1.807, 2.05) is 6.08 Å². The van der Waals surface area contributed by atoms with Crippen LogP contribution in [0.1, 0.15) is 367 Å². The Balaban J connectivity index is 4.22.